The van der Waals surface area contributed by atoms with Crippen molar-refractivity contribution in [2.75, 3.05) is 53.4 Å². The Hall–Kier alpha value is -7.53. The Balaban J connectivity index is 0.000000237. The fourth-order valence-corrected chi connectivity index (χ4v) is 10.6. The van der Waals surface area contributed by atoms with Gasteiger partial charge in [-0.15, -0.1) is 0 Å². The Bertz CT molecular complexity index is 3300. The number of carbonyl (C=O) groups excluding carboxylic acids is 7. The number of carboxylic acid groups (broad SMARTS) is 1. The van der Waals surface area contributed by atoms with E-state index in [1.54, 1.807) is 43.0 Å². The van der Waals surface area contributed by atoms with Gasteiger partial charge in [-0.25, -0.2) is 19.2 Å². The Morgan fingerprint density at radius 1 is 0.659 bits per heavy atom. The maximum absolute atomic E-state index is 13.4. The van der Waals surface area contributed by atoms with Gasteiger partial charge in [0.15, 0.2) is 0 Å². The Morgan fingerprint density at radius 3 is 1.62 bits per heavy atom. The molecule has 0 unspecified atom stereocenters. The van der Waals surface area contributed by atoms with Crippen LogP contribution in [0.3, 0.4) is 0 Å². The number of urea groups is 2. The number of halogens is 5. The fraction of sp³-hybridized carbons (Fsp3) is 0.322. The second-order valence-electron chi connectivity index (χ2n) is 19.5. The summed E-state index contributed by atoms with van der Waals surface area (Å²) in [7, 11) is 3.19. The lowest BCUT2D eigenvalue weighted by Crippen LogP contribution is -2.51. The van der Waals surface area contributed by atoms with E-state index in [0.717, 1.165) is 29.5 Å². The standard InChI is InChI=1S/C31H31Cl3N4O5.C28H28Cl2N4O5/c1-3-43-30(41)25(16-35-31(42)37(2)17-19-8-5-4-6-9-19)36-28(39)26-24(33)15-23-22(27(26)34)12-13-38(29(23)40)18-20-10-7-11-21(32)14-20;1-33(16-18-6-3-2-4-7-18)28(39)31-15-22(27(37)38)32-25(35)23-21(29)14-20-19(24(23)30)11-13-34(26(20)36)12-5-8-17-9-10-17/h4-11,14-15,25H,3,12-13,16-18H2,1-2H3,(H,35,42)(H,36,39);2-4,6-7,14,17,22H,9-13,15-16H2,1H3,(H,31,39)(H,32,35)(H,37,38)/t25-;22-/m00/s1. The molecule has 1 saturated carbocycles. The summed E-state index contributed by atoms with van der Waals surface area (Å²) >= 11 is 32.2. The van der Waals surface area contributed by atoms with Crippen molar-refractivity contribution in [3.8, 4) is 11.8 Å². The first kappa shape index (κ1) is 62.1. The number of ether oxygens (including phenoxy) is 1. The first-order valence-electron chi connectivity index (χ1n) is 26.1. The van der Waals surface area contributed by atoms with E-state index in [1.807, 2.05) is 72.8 Å². The number of aliphatic carboxylic acids is 1. The summed E-state index contributed by atoms with van der Waals surface area (Å²) in [6, 6.07) is 25.1. The molecule has 0 bridgehead atoms. The number of rotatable bonds is 18. The van der Waals surface area contributed by atoms with E-state index in [1.165, 1.54) is 21.9 Å². The van der Waals surface area contributed by atoms with E-state index in [9.17, 15) is 43.5 Å². The molecule has 3 aliphatic rings. The van der Waals surface area contributed by atoms with Gasteiger partial charge in [0.25, 0.3) is 23.6 Å². The molecule has 0 radical (unpaired) electrons. The summed E-state index contributed by atoms with van der Waals surface area (Å²) < 4.78 is 5.12. The molecule has 430 valence electrons. The van der Waals surface area contributed by atoms with E-state index in [4.69, 9.17) is 62.7 Å². The summed E-state index contributed by atoms with van der Waals surface area (Å²) in [5.41, 5.74) is 4.09. The van der Waals surface area contributed by atoms with Gasteiger partial charge in [-0.1, -0.05) is 143 Å². The number of nitrogens with zero attached hydrogens (tertiary/aromatic N) is 4. The van der Waals surface area contributed by atoms with Gasteiger partial charge in [-0.05, 0) is 84.7 Å². The van der Waals surface area contributed by atoms with Crippen LogP contribution in [-0.2, 0) is 46.8 Å². The van der Waals surface area contributed by atoms with Crippen LogP contribution in [0.5, 0.6) is 0 Å². The van der Waals surface area contributed by atoms with Crippen LogP contribution in [-0.4, -0.2) is 138 Å². The number of benzene rings is 5. The van der Waals surface area contributed by atoms with Crippen LogP contribution >= 0.6 is 58.0 Å². The zero-order valence-electron chi connectivity index (χ0n) is 45.0. The molecule has 5 aromatic carbocycles. The molecular weight excluding hydrogens is 1160 g/mol. The van der Waals surface area contributed by atoms with Crippen molar-refractivity contribution >= 4 is 106 Å². The Kier molecular flexibility index (Phi) is 21.9. The van der Waals surface area contributed by atoms with Crippen LogP contribution < -0.4 is 21.3 Å². The quantitative estimate of drug-likeness (QED) is 0.0414. The maximum atomic E-state index is 13.4. The van der Waals surface area contributed by atoms with Gasteiger partial charge < -0.3 is 50.7 Å². The highest BCUT2D eigenvalue weighted by molar-refractivity contribution is 6.42. The molecule has 23 heteroatoms. The maximum Gasteiger partial charge on any atom is 0.330 e. The average molecular weight is 1220 g/mol. The van der Waals surface area contributed by atoms with Crippen LogP contribution in [0.1, 0.15) is 89.0 Å². The number of esters is 1. The molecule has 2 atom stereocenters. The minimum Gasteiger partial charge on any atom is -0.480 e. The molecule has 0 saturated heterocycles. The third-order valence-corrected chi connectivity index (χ3v) is 15.1. The van der Waals surface area contributed by atoms with Gasteiger partial charge >= 0.3 is 24.0 Å². The van der Waals surface area contributed by atoms with Crippen LogP contribution in [0.2, 0.25) is 25.1 Å². The zero-order valence-corrected chi connectivity index (χ0v) is 48.7. The SMILES string of the molecule is CCOC(=O)[C@H](CNC(=O)N(C)Cc1ccccc1)NC(=O)c1c(Cl)cc2c(c1Cl)CCN(Cc1cccc(Cl)c1)C2=O.CN(Cc1ccccc1)C(=O)NC[C@H](NC(=O)c1c(Cl)cc2c(c1Cl)CCN(CC#CC1CC1)C2=O)C(=O)O. The van der Waals surface area contributed by atoms with Gasteiger partial charge in [-0.3, -0.25) is 19.2 Å². The Morgan fingerprint density at radius 2 is 1.13 bits per heavy atom. The zero-order chi connectivity index (χ0) is 59.2. The fourth-order valence-electron chi connectivity index (χ4n) is 8.92. The van der Waals surface area contributed by atoms with Crippen LogP contribution in [0.15, 0.2) is 97.1 Å². The number of hydrogen-bond donors (Lipinski definition) is 5. The summed E-state index contributed by atoms with van der Waals surface area (Å²) in [5, 5.41) is 20.3. The van der Waals surface area contributed by atoms with Gasteiger partial charge in [0.2, 0.25) is 0 Å². The highest BCUT2D eigenvalue weighted by Crippen LogP contribution is 2.37. The van der Waals surface area contributed by atoms with Crippen molar-refractivity contribution in [1.29, 1.82) is 0 Å². The molecule has 2 aliphatic heterocycles. The number of amides is 8. The van der Waals surface area contributed by atoms with Gasteiger partial charge in [0.05, 0.1) is 57.5 Å². The molecular formula is C59H59Cl5N8O10. The third-order valence-electron chi connectivity index (χ3n) is 13.4. The van der Waals surface area contributed by atoms with Gasteiger partial charge in [0, 0.05) is 68.9 Å². The lowest BCUT2D eigenvalue weighted by Gasteiger charge is -2.30. The minimum absolute atomic E-state index is 0.00262. The number of fused-ring (bicyclic) bond motifs is 2. The van der Waals surface area contributed by atoms with Crippen molar-refractivity contribution in [3.63, 3.8) is 0 Å². The largest absolute Gasteiger partial charge is 0.480 e. The monoisotopic (exact) mass is 1210 g/mol. The first-order chi connectivity index (χ1) is 39.2. The van der Waals surface area contributed by atoms with Gasteiger partial charge in [0.1, 0.15) is 12.1 Å². The molecule has 5 N–H and O–H groups in total. The van der Waals surface area contributed by atoms with Crippen molar-refractivity contribution < 1.29 is 48.2 Å². The highest BCUT2D eigenvalue weighted by atomic mass is 35.5. The van der Waals surface area contributed by atoms with E-state index in [0.29, 0.717) is 85.3 Å². The summed E-state index contributed by atoms with van der Waals surface area (Å²) in [4.78, 5) is 109. The second kappa shape index (κ2) is 28.9. The second-order valence-corrected chi connectivity index (χ2v) is 21.5. The lowest BCUT2D eigenvalue weighted by molar-refractivity contribution is -0.145. The van der Waals surface area contributed by atoms with E-state index < -0.39 is 47.9 Å². The summed E-state index contributed by atoms with van der Waals surface area (Å²) in [5.74, 6) is 2.41. The molecule has 0 aromatic heterocycles. The molecule has 8 rings (SSSR count). The van der Waals surface area contributed by atoms with Crippen molar-refractivity contribution in [2.45, 2.75) is 64.3 Å². The predicted molar refractivity (Wildman–Crippen MR) is 312 cm³/mol. The number of carboxylic acids is 1. The normalized spacial score (nSPS) is 14.0. The lowest BCUT2D eigenvalue weighted by atomic mass is 9.95. The van der Waals surface area contributed by atoms with E-state index >= 15 is 0 Å². The smallest absolute Gasteiger partial charge is 0.330 e. The van der Waals surface area contributed by atoms with Crippen LogP contribution in [0.4, 0.5) is 9.59 Å². The van der Waals surface area contributed by atoms with Crippen molar-refractivity contribution in [2.24, 2.45) is 5.92 Å². The topological polar surface area (TPSA) is 227 Å². The average Bonchev–Trinajstić information content (AvgIpc) is 4.34. The molecule has 0 spiro atoms. The highest BCUT2D eigenvalue weighted by Gasteiger charge is 2.34. The number of nitrogens with one attached hydrogen (secondary N) is 4. The van der Waals surface area contributed by atoms with Crippen molar-refractivity contribution in [3.05, 3.63) is 172 Å². The molecule has 2 heterocycles. The van der Waals surface area contributed by atoms with E-state index in [2.05, 4.69) is 33.1 Å². The molecule has 18 nitrogen and oxygen atoms in total. The molecule has 82 heavy (non-hydrogen) atoms. The minimum atomic E-state index is -1.45. The molecule has 1 aliphatic carbocycles. The van der Waals surface area contributed by atoms with Crippen LogP contribution in [0, 0.1) is 17.8 Å². The van der Waals surface area contributed by atoms with E-state index in [-0.39, 0.29) is 62.7 Å². The van der Waals surface area contributed by atoms with Gasteiger partial charge in [-0.2, -0.15) is 0 Å². The van der Waals surface area contributed by atoms with Crippen LogP contribution in [0.25, 0.3) is 0 Å². The third kappa shape index (κ3) is 16.3. The molecule has 8 amide bonds. The summed E-state index contributed by atoms with van der Waals surface area (Å²) in [6.45, 7) is 3.17. The number of carbonyl (C=O) groups is 8. The predicted octanol–water partition coefficient (Wildman–Crippen LogP) is 8.78. The molecule has 5 aromatic rings. The first-order valence-corrected chi connectivity index (χ1v) is 28.0. The number of hydrogen-bond acceptors (Lipinski definition) is 9. The summed E-state index contributed by atoms with van der Waals surface area (Å²) in [6.07, 6.45) is 2.98. The Labute approximate surface area is 499 Å². The van der Waals surface area contributed by atoms with Crippen molar-refractivity contribution in [1.82, 2.24) is 40.9 Å². The molecule has 1 fully saturated rings.